The van der Waals surface area contributed by atoms with Gasteiger partial charge in [-0.05, 0) is 36.6 Å². The Kier molecular flexibility index (Phi) is 2.87. The maximum absolute atomic E-state index is 13.8. The van der Waals surface area contributed by atoms with Crippen LogP contribution >= 0.6 is 0 Å². The quantitative estimate of drug-likeness (QED) is 0.746. The molecule has 0 radical (unpaired) electrons. The molecule has 0 aliphatic carbocycles. The molecule has 16 heavy (non-hydrogen) atoms. The fraction of sp³-hybridized carbons (Fsp3) is 0.538. The Morgan fingerprint density at radius 1 is 1.31 bits per heavy atom. The molecule has 3 heteroatoms. The Labute approximate surface area is 94.4 Å². The van der Waals surface area contributed by atoms with Crippen LogP contribution in [0.3, 0.4) is 0 Å². The van der Waals surface area contributed by atoms with E-state index >= 15 is 0 Å². The zero-order valence-electron chi connectivity index (χ0n) is 9.59. The lowest BCUT2D eigenvalue weighted by molar-refractivity contribution is -0.0515. The molecular weight excluding hydrogens is 210 g/mol. The minimum absolute atomic E-state index is 0.103. The highest BCUT2D eigenvalue weighted by Crippen LogP contribution is 2.38. The fourth-order valence-electron chi connectivity index (χ4n) is 1.90. The van der Waals surface area contributed by atoms with Gasteiger partial charge in [-0.3, -0.25) is 0 Å². The Hall–Kier alpha value is -1.12. The average Bonchev–Trinajstić information content (AvgIpc) is 2.28. The van der Waals surface area contributed by atoms with Crippen molar-refractivity contribution in [1.82, 2.24) is 0 Å². The van der Waals surface area contributed by atoms with Crippen molar-refractivity contribution in [3.8, 4) is 5.75 Å². The highest BCUT2D eigenvalue weighted by atomic mass is 19.3. The fourth-order valence-corrected chi connectivity index (χ4v) is 1.90. The Bertz CT molecular complexity index is 386. The van der Waals surface area contributed by atoms with Crippen LogP contribution in [0.4, 0.5) is 8.78 Å². The van der Waals surface area contributed by atoms with Gasteiger partial charge in [0.2, 0.25) is 0 Å². The van der Waals surface area contributed by atoms with E-state index in [2.05, 4.69) is 0 Å². The third kappa shape index (κ3) is 1.91. The van der Waals surface area contributed by atoms with Crippen molar-refractivity contribution >= 4 is 0 Å². The summed E-state index contributed by atoms with van der Waals surface area (Å²) in [4.78, 5) is 0. The summed E-state index contributed by atoms with van der Waals surface area (Å²) < 4.78 is 33.0. The molecule has 0 spiro atoms. The molecule has 0 saturated carbocycles. The molecule has 1 aromatic rings. The first-order valence-electron chi connectivity index (χ1n) is 5.66. The Balaban J connectivity index is 2.37. The molecule has 0 unspecified atom stereocenters. The molecule has 1 nitrogen and oxygen atoms in total. The van der Waals surface area contributed by atoms with Crippen LogP contribution in [0.15, 0.2) is 18.2 Å². The van der Waals surface area contributed by atoms with Gasteiger partial charge in [-0.15, -0.1) is 0 Å². The second-order valence-corrected chi connectivity index (χ2v) is 4.55. The molecule has 88 valence electrons. The van der Waals surface area contributed by atoms with Gasteiger partial charge >= 0.3 is 0 Å². The lowest BCUT2D eigenvalue weighted by Crippen LogP contribution is -2.21. The first-order chi connectivity index (χ1) is 7.51. The lowest BCUT2D eigenvalue weighted by atomic mass is 9.94. The van der Waals surface area contributed by atoms with Gasteiger partial charge in [-0.1, -0.05) is 13.8 Å². The van der Waals surface area contributed by atoms with E-state index in [4.69, 9.17) is 4.74 Å². The number of fused-ring (bicyclic) bond motifs is 1. The van der Waals surface area contributed by atoms with Gasteiger partial charge in [0.25, 0.3) is 5.92 Å². The summed E-state index contributed by atoms with van der Waals surface area (Å²) in [5, 5.41) is 0. The number of aryl methyl sites for hydroxylation is 1. The number of ether oxygens (including phenoxy) is 1. The van der Waals surface area contributed by atoms with E-state index in [0.717, 1.165) is 24.2 Å². The van der Waals surface area contributed by atoms with Crippen LogP contribution in [0.5, 0.6) is 5.75 Å². The van der Waals surface area contributed by atoms with Crippen LogP contribution in [-0.2, 0) is 12.3 Å². The normalized spacial score (nSPS) is 15.8. The molecule has 1 aliphatic heterocycles. The number of hydrogen-bond acceptors (Lipinski definition) is 1. The monoisotopic (exact) mass is 226 g/mol. The summed E-state index contributed by atoms with van der Waals surface area (Å²) in [6.07, 6.45) is 1.74. The largest absolute Gasteiger partial charge is 0.493 e. The first kappa shape index (κ1) is 11.4. The molecule has 2 rings (SSSR count). The highest BCUT2D eigenvalue weighted by Gasteiger charge is 2.36. The summed E-state index contributed by atoms with van der Waals surface area (Å²) in [7, 11) is 0. The van der Waals surface area contributed by atoms with Crippen molar-refractivity contribution < 1.29 is 13.5 Å². The van der Waals surface area contributed by atoms with Gasteiger partial charge < -0.3 is 4.74 Å². The second kappa shape index (κ2) is 4.04. The summed E-state index contributed by atoms with van der Waals surface area (Å²) in [6, 6.07) is 4.73. The van der Waals surface area contributed by atoms with Gasteiger partial charge in [0.15, 0.2) is 0 Å². The number of benzene rings is 1. The molecule has 1 heterocycles. The zero-order chi connectivity index (χ0) is 11.8. The predicted octanol–water partition coefficient (Wildman–Crippen LogP) is 3.76. The van der Waals surface area contributed by atoms with Crippen molar-refractivity contribution in [1.29, 1.82) is 0 Å². The highest BCUT2D eigenvalue weighted by molar-refractivity contribution is 5.40. The topological polar surface area (TPSA) is 9.23 Å². The van der Waals surface area contributed by atoms with E-state index in [9.17, 15) is 8.78 Å². The maximum Gasteiger partial charge on any atom is 0.275 e. The standard InChI is InChI=1S/C13H16F2O/c1-9(2)13(14,15)11-5-6-12-10(8-11)4-3-7-16-12/h5-6,8-9H,3-4,7H2,1-2H3. The summed E-state index contributed by atoms with van der Waals surface area (Å²) in [6.45, 7) is 3.76. The van der Waals surface area contributed by atoms with Crippen molar-refractivity contribution in [2.45, 2.75) is 32.6 Å². The number of hydrogen-bond donors (Lipinski definition) is 0. The van der Waals surface area contributed by atoms with E-state index in [1.807, 2.05) is 0 Å². The Morgan fingerprint density at radius 2 is 2.06 bits per heavy atom. The number of halogens is 2. The summed E-state index contributed by atoms with van der Waals surface area (Å²) >= 11 is 0. The van der Waals surface area contributed by atoms with E-state index in [0.29, 0.717) is 6.61 Å². The van der Waals surface area contributed by atoms with Gasteiger partial charge in [-0.2, -0.15) is 0 Å². The molecule has 0 aromatic heterocycles. The van der Waals surface area contributed by atoms with E-state index in [1.54, 1.807) is 12.1 Å². The van der Waals surface area contributed by atoms with E-state index in [-0.39, 0.29) is 5.56 Å². The minimum atomic E-state index is -2.76. The summed E-state index contributed by atoms with van der Waals surface area (Å²) in [5.74, 6) is -2.68. The van der Waals surface area contributed by atoms with Gasteiger partial charge in [-0.25, -0.2) is 8.78 Å². The molecular formula is C13H16F2O. The SMILES string of the molecule is CC(C)C(F)(F)c1ccc2c(c1)CCCO2. The Morgan fingerprint density at radius 3 is 2.75 bits per heavy atom. The van der Waals surface area contributed by atoms with Crippen molar-refractivity contribution in [3.63, 3.8) is 0 Å². The lowest BCUT2D eigenvalue weighted by Gasteiger charge is -2.24. The number of rotatable bonds is 2. The van der Waals surface area contributed by atoms with E-state index < -0.39 is 11.8 Å². The van der Waals surface area contributed by atoms with Crippen molar-refractivity contribution in [2.75, 3.05) is 6.61 Å². The minimum Gasteiger partial charge on any atom is -0.493 e. The van der Waals surface area contributed by atoms with Crippen LogP contribution in [0.1, 0.15) is 31.4 Å². The van der Waals surface area contributed by atoms with Gasteiger partial charge in [0.05, 0.1) is 6.61 Å². The average molecular weight is 226 g/mol. The molecule has 0 saturated heterocycles. The molecule has 0 atom stereocenters. The molecule has 1 aliphatic rings. The smallest absolute Gasteiger partial charge is 0.275 e. The molecule has 0 fully saturated rings. The van der Waals surface area contributed by atoms with Gasteiger partial charge in [0, 0.05) is 11.5 Å². The summed E-state index contributed by atoms with van der Waals surface area (Å²) in [5.41, 5.74) is 1.01. The second-order valence-electron chi connectivity index (χ2n) is 4.55. The number of alkyl halides is 2. The third-order valence-electron chi connectivity index (χ3n) is 3.02. The van der Waals surface area contributed by atoms with Crippen LogP contribution in [0, 0.1) is 5.92 Å². The zero-order valence-corrected chi connectivity index (χ0v) is 9.59. The van der Waals surface area contributed by atoms with Crippen molar-refractivity contribution in [3.05, 3.63) is 29.3 Å². The van der Waals surface area contributed by atoms with E-state index in [1.165, 1.54) is 19.9 Å². The first-order valence-corrected chi connectivity index (χ1v) is 5.66. The van der Waals surface area contributed by atoms with Crippen molar-refractivity contribution in [2.24, 2.45) is 5.92 Å². The third-order valence-corrected chi connectivity index (χ3v) is 3.02. The maximum atomic E-state index is 13.8. The molecule has 0 N–H and O–H groups in total. The predicted molar refractivity (Wildman–Crippen MR) is 59.0 cm³/mol. The van der Waals surface area contributed by atoms with Gasteiger partial charge in [0.1, 0.15) is 5.75 Å². The molecule has 0 amide bonds. The van der Waals surface area contributed by atoms with Crippen LogP contribution in [0.25, 0.3) is 0 Å². The van der Waals surface area contributed by atoms with Crippen LogP contribution < -0.4 is 4.74 Å². The molecule has 0 bridgehead atoms. The van der Waals surface area contributed by atoms with Crippen LogP contribution in [-0.4, -0.2) is 6.61 Å². The van der Waals surface area contributed by atoms with Crippen LogP contribution in [0.2, 0.25) is 0 Å². The molecule has 1 aromatic carbocycles.